The predicted octanol–water partition coefficient (Wildman–Crippen LogP) is 6.81. The van der Waals surface area contributed by atoms with Crippen LogP contribution in [0.5, 0.6) is 11.5 Å². The Morgan fingerprint density at radius 1 is 0.866 bits per heavy atom. The third kappa shape index (κ3) is 11.5. The van der Waals surface area contributed by atoms with Gasteiger partial charge in [-0.05, 0) is 111 Å². The van der Waals surface area contributed by atoms with Gasteiger partial charge in [0.25, 0.3) is 5.91 Å². The fourth-order valence-electron chi connectivity index (χ4n) is 10.0. The number of urea groups is 1. The van der Waals surface area contributed by atoms with Gasteiger partial charge in [-0.3, -0.25) is 24.2 Å². The number of halogens is 2. The van der Waals surface area contributed by atoms with Crippen LogP contribution in [0, 0.1) is 5.82 Å². The minimum atomic E-state index is -0.961. The SMILES string of the molecule is COc1ccc(C(=O)N2CCC(OC3CCN(CC(=O)NC4CCC(NCC(c5ccccc5)c5ccc(Cl)c(-c6c(C(N)=O)ccc(O)c6F)c5)CC4)CC3)CC2)cc1N1CCCNC1=O. The second-order valence-corrected chi connectivity index (χ2v) is 18.5. The molecule has 3 heterocycles. The van der Waals surface area contributed by atoms with E-state index in [9.17, 15) is 24.3 Å². The van der Waals surface area contributed by atoms with Gasteiger partial charge in [0.2, 0.25) is 11.8 Å². The number of piperidine rings is 2. The van der Waals surface area contributed by atoms with E-state index >= 15 is 4.39 Å². The third-order valence-electron chi connectivity index (χ3n) is 13.8. The van der Waals surface area contributed by atoms with E-state index < -0.39 is 17.5 Å². The van der Waals surface area contributed by atoms with Crippen molar-refractivity contribution in [3.05, 3.63) is 112 Å². The van der Waals surface area contributed by atoms with E-state index in [0.29, 0.717) is 56.3 Å². The fourth-order valence-corrected chi connectivity index (χ4v) is 10.3. The number of anilines is 1. The first-order chi connectivity index (χ1) is 32.4. The maximum absolute atomic E-state index is 15.4. The van der Waals surface area contributed by atoms with Gasteiger partial charge in [-0.1, -0.05) is 48.0 Å². The Morgan fingerprint density at radius 2 is 1.57 bits per heavy atom. The molecule has 1 atom stereocenters. The maximum atomic E-state index is 15.4. The lowest BCUT2D eigenvalue weighted by atomic mass is 9.87. The number of methoxy groups -OCH3 is 1. The molecule has 4 aliphatic rings. The molecule has 0 bridgehead atoms. The first-order valence-corrected chi connectivity index (χ1v) is 23.9. The lowest BCUT2D eigenvalue weighted by Crippen LogP contribution is -2.48. The first kappa shape index (κ1) is 47.7. The summed E-state index contributed by atoms with van der Waals surface area (Å²) in [7, 11) is 1.56. The van der Waals surface area contributed by atoms with E-state index in [-0.39, 0.29) is 69.8 Å². The first-order valence-electron chi connectivity index (χ1n) is 23.5. The van der Waals surface area contributed by atoms with Crippen molar-refractivity contribution in [1.29, 1.82) is 0 Å². The third-order valence-corrected chi connectivity index (χ3v) is 14.1. The average molecular weight is 939 g/mol. The molecule has 5 amide bonds. The Balaban J connectivity index is 0.764. The van der Waals surface area contributed by atoms with Crippen molar-refractivity contribution in [3.8, 4) is 22.6 Å². The van der Waals surface area contributed by atoms with Crippen LogP contribution in [0.1, 0.15) is 95.5 Å². The van der Waals surface area contributed by atoms with E-state index in [0.717, 1.165) is 88.1 Å². The number of primary amides is 1. The molecule has 14 nitrogen and oxygen atoms in total. The largest absolute Gasteiger partial charge is 0.505 e. The van der Waals surface area contributed by atoms with Crippen LogP contribution in [0.4, 0.5) is 14.9 Å². The summed E-state index contributed by atoms with van der Waals surface area (Å²) in [5.74, 6) is -2.00. The van der Waals surface area contributed by atoms with Crippen LogP contribution < -0.4 is 31.3 Å². The van der Waals surface area contributed by atoms with E-state index in [4.69, 9.17) is 26.8 Å². The molecule has 67 heavy (non-hydrogen) atoms. The molecule has 4 fully saturated rings. The number of hydrogen-bond donors (Lipinski definition) is 5. The number of nitrogens with one attached hydrogen (secondary N) is 3. The average Bonchev–Trinajstić information content (AvgIpc) is 3.34. The van der Waals surface area contributed by atoms with Gasteiger partial charge in [0.05, 0.1) is 37.1 Å². The van der Waals surface area contributed by atoms with Crippen molar-refractivity contribution >= 4 is 41.0 Å². The molecule has 8 rings (SSSR count). The summed E-state index contributed by atoms with van der Waals surface area (Å²) in [6, 6.07) is 23.2. The standard InChI is InChI=1S/C51H61ClFN7O7/c1-66-45-17-9-34(29-43(45)60-23-5-22-55-51(60)65)50(64)59-26-20-38(21-27-59)67-37-18-24-58(25-19-37)31-46(62)57-36-12-10-35(11-13-36)56-30-41(32-6-3-2-4-7-32)33-8-15-42(52)40(28-33)47-39(49(54)63)14-16-44(61)48(47)53/h2-4,6-9,14-17,28-29,35-38,41,56,61H,5,10-13,18-27,30-31H2,1H3,(H2,54,63)(H,55,65)(H,57,62). The summed E-state index contributed by atoms with van der Waals surface area (Å²) < 4.78 is 27.5. The normalized spacial score (nSPS) is 20.3. The van der Waals surface area contributed by atoms with Crippen molar-refractivity contribution in [3.63, 3.8) is 0 Å². The molecule has 0 spiro atoms. The van der Waals surface area contributed by atoms with E-state index in [1.165, 1.54) is 6.07 Å². The molecule has 3 aliphatic heterocycles. The van der Waals surface area contributed by atoms with Crippen LogP contribution in [0.15, 0.2) is 78.9 Å². The smallest absolute Gasteiger partial charge is 0.321 e. The van der Waals surface area contributed by atoms with Crippen molar-refractivity contribution in [1.82, 2.24) is 25.8 Å². The zero-order valence-corrected chi connectivity index (χ0v) is 38.7. The molecule has 0 radical (unpaired) electrons. The number of carbonyl (C=O) groups is 4. The van der Waals surface area contributed by atoms with Gasteiger partial charge in [0.15, 0.2) is 11.6 Å². The summed E-state index contributed by atoms with van der Waals surface area (Å²) in [6.45, 7) is 4.90. The summed E-state index contributed by atoms with van der Waals surface area (Å²) in [5.41, 5.74) is 8.70. The topological polar surface area (TPSA) is 179 Å². The number of amides is 5. The second kappa shape index (κ2) is 21.9. The Labute approximate surface area is 396 Å². The van der Waals surface area contributed by atoms with Gasteiger partial charge in [-0.25, -0.2) is 9.18 Å². The lowest BCUT2D eigenvalue weighted by molar-refractivity contribution is -0.124. The highest BCUT2D eigenvalue weighted by Crippen LogP contribution is 2.39. The van der Waals surface area contributed by atoms with Gasteiger partial charge in [0, 0.05) is 85.5 Å². The molecule has 6 N–H and O–H groups in total. The Hall–Kier alpha value is -5.74. The number of aromatic hydroxyl groups is 1. The Kier molecular flexibility index (Phi) is 15.6. The van der Waals surface area contributed by atoms with Gasteiger partial charge in [0.1, 0.15) is 5.75 Å². The highest BCUT2D eigenvalue weighted by molar-refractivity contribution is 6.33. The quantitative estimate of drug-likeness (QED) is 0.0857. The molecule has 1 saturated carbocycles. The van der Waals surface area contributed by atoms with Crippen molar-refractivity contribution in [2.24, 2.45) is 5.73 Å². The Bertz CT molecular complexity index is 2400. The van der Waals surface area contributed by atoms with Crippen LogP contribution in [0.2, 0.25) is 5.02 Å². The maximum Gasteiger partial charge on any atom is 0.321 e. The molecule has 4 aromatic carbocycles. The monoisotopic (exact) mass is 937 g/mol. The Morgan fingerprint density at radius 3 is 2.25 bits per heavy atom. The van der Waals surface area contributed by atoms with Crippen molar-refractivity contribution < 1.29 is 38.1 Å². The molecule has 1 aliphatic carbocycles. The summed E-state index contributed by atoms with van der Waals surface area (Å²) in [4.78, 5) is 57.4. The minimum Gasteiger partial charge on any atom is -0.505 e. The van der Waals surface area contributed by atoms with Crippen LogP contribution >= 0.6 is 11.6 Å². The van der Waals surface area contributed by atoms with Gasteiger partial charge < -0.3 is 41.2 Å². The highest BCUT2D eigenvalue weighted by atomic mass is 35.5. The number of hydrogen-bond acceptors (Lipinski definition) is 9. The van der Waals surface area contributed by atoms with Crippen molar-refractivity contribution in [2.45, 2.75) is 88.0 Å². The lowest BCUT2D eigenvalue weighted by Gasteiger charge is -2.37. The number of nitrogens with two attached hydrogens (primary N) is 1. The molecule has 3 saturated heterocycles. The van der Waals surface area contributed by atoms with Gasteiger partial charge >= 0.3 is 6.03 Å². The molecular formula is C51H61ClFN7O7. The van der Waals surface area contributed by atoms with Gasteiger partial charge in [-0.15, -0.1) is 0 Å². The number of phenolic OH excluding ortho intramolecular Hbond substituents is 1. The number of nitrogens with zero attached hydrogens (tertiary/aromatic N) is 3. The number of benzene rings is 4. The highest BCUT2D eigenvalue weighted by Gasteiger charge is 2.31. The molecule has 16 heteroatoms. The van der Waals surface area contributed by atoms with E-state index in [1.807, 2.05) is 41.3 Å². The van der Waals surface area contributed by atoms with Crippen LogP contribution in [-0.4, -0.2) is 122 Å². The van der Waals surface area contributed by atoms with Crippen molar-refractivity contribution in [2.75, 3.05) is 64.4 Å². The van der Waals surface area contributed by atoms with Crippen LogP contribution in [0.25, 0.3) is 11.1 Å². The van der Waals surface area contributed by atoms with E-state index in [2.05, 4.69) is 20.9 Å². The summed E-state index contributed by atoms with van der Waals surface area (Å²) in [6.07, 6.45) is 7.72. The van der Waals surface area contributed by atoms with E-state index in [1.54, 1.807) is 42.3 Å². The van der Waals surface area contributed by atoms with Crippen LogP contribution in [-0.2, 0) is 9.53 Å². The zero-order chi connectivity index (χ0) is 47.0. The molecular weight excluding hydrogens is 877 g/mol. The summed E-state index contributed by atoms with van der Waals surface area (Å²) >= 11 is 6.60. The molecule has 356 valence electrons. The van der Waals surface area contributed by atoms with Gasteiger partial charge in [-0.2, -0.15) is 0 Å². The number of phenols is 1. The number of ether oxygens (including phenoxy) is 2. The summed E-state index contributed by atoms with van der Waals surface area (Å²) in [5, 5.41) is 20.3. The zero-order valence-electron chi connectivity index (χ0n) is 38.0. The molecule has 0 aromatic heterocycles. The molecule has 4 aromatic rings. The predicted molar refractivity (Wildman–Crippen MR) is 255 cm³/mol. The number of carbonyl (C=O) groups excluding carboxylic acids is 4. The van der Waals surface area contributed by atoms with Crippen LogP contribution in [0.3, 0.4) is 0 Å². The number of likely N-dealkylation sites (tertiary alicyclic amines) is 2. The number of rotatable bonds is 15. The second-order valence-electron chi connectivity index (χ2n) is 18.1. The minimum absolute atomic E-state index is 0.0429. The molecule has 1 unspecified atom stereocenters. The fraction of sp³-hybridized carbons (Fsp3) is 0.451.